The molecule has 0 saturated heterocycles. The number of ether oxygens (including phenoxy) is 1. The smallest absolute Gasteiger partial charge is 0.119 e. The van der Waals surface area contributed by atoms with Crippen molar-refractivity contribution < 1.29 is 4.74 Å². The number of nitrogens with one attached hydrogen (secondary N) is 1. The van der Waals surface area contributed by atoms with Crippen molar-refractivity contribution >= 4 is 0 Å². The minimum absolute atomic E-state index is 0.796. The summed E-state index contributed by atoms with van der Waals surface area (Å²) >= 11 is 0. The highest BCUT2D eigenvalue weighted by molar-refractivity contribution is 5.27. The van der Waals surface area contributed by atoms with Crippen molar-refractivity contribution in [3.05, 3.63) is 29.8 Å². The molecule has 3 nitrogen and oxygen atoms in total. The number of rotatable bonds is 15. The molecule has 0 aliphatic carbocycles. The summed E-state index contributed by atoms with van der Waals surface area (Å²) in [5, 5.41) is 3.56. The molecule has 0 heterocycles. The first kappa shape index (κ1) is 21.0. The van der Waals surface area contributed by atoms with Crippen molar-refractivity contribution in [3.8, 4) is 5.75 Å². The van der Waals surface area contributed by atoms with Gasteiger partial charge in [0.2, 0.25) is 0 Å². The first-order valence-corrected chi connectivity index (χ1v) is 9.94. The van der Waals surface area contributed by atoms with Crippen LogP contribution in [0.1, 0.15) is 64.9 Å². The Bertz CT molecular complexity index is 383. The second-order valence-electron chi connectivity index (χ2n) is 6.57. The highest BCUT2D eigenvalue weighted by Crippen LogP contribution is 2.12. The quantitative estimate of drug-likeness (QED) is 0.464. The summed E-state index contributed by atoms with van der Waals surface area (Å²) in [6, 6.07) is 8.47. The lowest BCUT2D eigenvalue weighted by Crippen LogP contribution is -2.29. The Balaban J connectivity index is 2.17. The highest BCUT2D eigenvalue weighted by Gasteiger charge is 2.03. The average molecular weight is 335 g/mol. The van der Waals surface area contributed by atoms with Crippen LogP contribution in [0.2, 0.25) is 0 Å². The second kappa shape index (κ2) is 14.3. The van der Waals surface area contributed by atoms with Crippen LogP contribution in [0.3, 0.4) is 0 Å². The van der Waals surface area contributed by atoms with E-state index in [9.17, 15) is 0 Å². The second-order valence-corrected chi connectivity index (χ2v) is 6.57. The average Bonchev–Trinajstić information content (AvgIpc) is 2.62. The van der Waals surface area contributed by atoms with E-state index in [0.29, 0.717) is 0 Å². The van der Waals surface area contributed by atoms with Crippen LogP contribution in [0, 0.1) is 0 Å². The summed E-state index contributed by atoms with van der Waals surface area (Å²) in [4.78, 5) is 2.63. The Morgan fingerprint density at radius 3 is 2.04 bits per heavy atom. The van der Waals surface area contributed by atoms with E-state index in [1.165, 1.54) is 57.3 Å². The normalized spacial score (nSPS) is 11.2. The molecule has 0 bridgehead atoms. The lowest BCUT2D eigenvalue weighted by Gasteiger charge is -2.22. The molecule has 24 heavy (non-hydrogen) atoms. The third kappa shape index (κ3) is 9.94. The van der Waals surface area contributed by atoms with Crippen molar-refractivity contribution in [1.82, 2.24) is 10.2 Å². The summed E-state index contributed by atoms with van der Waals surface area (Å²) in [6.07, 6.45) is 7.51. The van der Waals surface area contributed by atoms with Crippen molar-refractivity contribution in [1.29, 1.82) is 0 Å². The van der Waals surface area contributed by atoms with Crippen molar-refractivity contribution in [2.75, 3.05) is 32.8 Å². The standard InChI is InChI=1S/C21H38N2O/c1-4-7-15-23(16-8-5-2)17-9-14-22-19-20-10-12-21(13-11-20)24-18-6-3/h10-13,22H,4-9,14-19H2,1-3H3. The van der Waals surface area contributed by atoms with Crippen LogP contribution < -0.4 is 10.1 Å². The fourth-order valence-electron chi connectivity index (χ4n) is 2.68. The van der Waals surface area contributed by atoms with Gasteiger partial charge >= 0.3 is 0 Å². The molecule has 0 spiro atoms. The molecule has 0 fully saturated rings. The Hall–Kier alpha value is -1.06. The van der Waals surface area contributed by atoms with Crippen LogP contribution in [-0.2, 0) is 6.54 Å². The molecule has 0 unspecified atom stereocenters. The number of hydrogen-bond donors (Lipinski definition) is 1. The van der Waals surface area contributed by atoms with Gasteiger partial charge in [-0.15, -0.1) is 0 Å². The van der Waals surface area contributed by atoms with Gasteiger partial charge in [-0.05, 0) is 69.6 Å². The molecular formula is C21H38N2O. The predicted molar refractivity (Wildman–Crippen MR) is 105 cm³/mol. The van der Waals surface area contributed by atoms with E-state index in [1.807, 2.05) is 0 Å². The fraction of sp³-hybridized carbons (Fsp3) is 0.714. The molecule has 138 valence electrons. The van der Waals surface area contributed by atoms with E-state index in [0.717, 1.165) is 31.9 Å². The Morgan fingerprint density at radius 1 is 0.833 bits per heavy atom. The molecule has 0 amide bonds. The maximum Gasteiger partial charge on any atom is 0.119 e. The third-order valence-electron chi connectivity index (χ3n) is 4.21. The van der Waals surface area contributed by atoms with Gasteiger partial charge in [0.05, 0.1) is 6.61 Å². The molecule has 0 aromatic heterocycles. The number of benzene rings is 1. The van der Waals surface area contributed by atoms with Gasteiger partial charge < -0.3 is 15.0 Å². The summed E-state index contributed by atoms with van der Waals surface area (Å²) in [5.74, 6) is 0.975. The highest BCUT2D eigenvalue weighted by atomic mass is 16.5. The van der Waals surface area contributed by atoms with E-state index < -0.39 is 0 Å². The molecule has 1 aromatic rings. The first-order chi connectivity index (χ1) is 11.8. The maximum atomic E-state index is 5.62. The predicted octanol–water partition coefficient (Wildman–Crippen LogP) is 4.86. The van der Waals surface area contributed by atoms with Crippen LogP contribution in [-0.4, -0.2) is 37.7 Å². The summed E-state index contributed by atoms with van der Waals surface area (Å²) in [5.41, 5.74) is 1.33. The zero-order valence-electron chi connectivity index (χ0n) is 16.2. The molecule has 0 aliphatic rings. The fourth-order valence-corrected chi connectivity index (χ4v) is 2.68. The van der Waals surface area contributed by atoms with E-state index >= 15 is 0 Å². The number of hydrogen-bond acceptors (Lipinski definition) is 3. The lowest BCUT2D eigenvalue weighted by molar-refractivity contribution is 0.261. The molecule has 0 saturated carbocycles. The topological polar surface area (TPSA) is 24.5 Å². The minimum Gasteiger partial charge on any atom is -0.494 e. The Labute approximate surface area is 149 Å². The molecule has 1 N–H and O–H groups in total. The lowest BCUT2D eigenvalue weighted by atomic mass is 10.2. The van der Waals surface area contributed by atoms with E-state index in [2.05, 4.69) is 55.3 Å². The van der Waals surface area contributed by atoms with Crippen LogP contribution in [0.4, 0.5) is 0 Å². The number of unbranched alkanes of at least 4 members (excludes halogenated alkanes) is 2. The number of nitrogens with zero attached hydrogens (tertiary/aromatic N) is 1. The molecule has 0 aliphatic heterocycles. The van der Waals surface area contributed by atoms with Gasteiger partial charge in [-0.25, -0.2) is 0 Å². The Kier molecular flexibility index (Phi) is 12.5. The SMILES string of the molecule is CCCCN(CCCC)CCCNCc1ccc(OCCC)cc1. The van der Waals surface area contributed by atoms with Gasteiger partial charge in [-0.3, -0.25) is 0 Å². The van der Waals surface area contributed by atoms with E-state index in [-0.39, 0.29) is 0 Å². The molecule has 0 radical (unpaired) electrons. The van der Waals surface area contributed by atoms with E-state index in [4.69, 9.17) is 4.74 Å². The first-order valence-electron chi connectivity index (χ1n) is 9.94. The molecule has 0 atom stereocenters. The summed E-state index contributed by atoms with van der Waals surface area (Å²) < 4.78 is 5.62. The van der Waals surface area contributed by atoms with Gasteiger partial charge in [-0.2, -0.15) is 0 Å². The summed E-state index contributed by atoms with van der Waals surface area (Å²) in [6.45, 7) is 13.2. The summed E-state index contributed by atoms with van der Waals surface area (Å²) in [7, 11) is 0. The molecule has 1 rings (SSSR count). The van der Waals surface area contributed by atoms with E-state index in [1.54, 1.807) is 0 Å². The van der Waals surface area contributed by atoms with Gasteiger partial charge in [-0.1, -0.05) is 45.7 Å². The molecule has 3 heteroatoms. The van der Waals surface area contributed by atoms with Crippen molar-refractivity contribution in [2.45, 2.75) is 65.8 Å². The monoisotopic (exact) mass is 334 g/mol. The van der Waals surface area contributed by atoms with Gasteiger partial charge in [0.1, 0.15) is 5.75 Å². The van der Waals surface area contributed by atoms with Crippen molar-refractivity contribution in [2.24, 2.45) is 0 Å². The van der Waals surface area contributed by atoms with Gasteiger partial charge in [0.25, 0.3) is 0 Å². The zero-order chi connectivity index (χ0) is 17.5. The van der Waals surface area contributed by atoms with Crippen LogP contribution >= 0.6 is 0 Å². The largest absolute Gasteiger partial charge is 0.494 e. The van der Waals surface area contributed by atoms with Crippen LogP contribution in [0.5, 0.6) is 5.75 Å². The molecule has 1 aromatic carbocycles. The Morgan fingerprint density at radius 2 is 1.46 bits per heavy atom. The van der Waals surface area contributed by atoms with Gasteiger partial charge in [0, 0.05) is 6.54 Å². The van der Waals surface area contributed by atoms with Crippen molar-refractivity contribution in [3.63, 3.8) is 0 Å². The van der Waals surface area contributed by atoms with Crippen LogP contribution in [0.25, 0.3) is 0 Å². The molecular weight excluding hydrogens is 296 g/mol. The van der Waals surface area contributed by atoms with Gasteiger partial charge in [0.15, 0.2) is 0 Å². The maximum absolute atomic E-state index is 5.62. The third-order valence-corrected chi connectivity index (χ3v) is 4.21. The minimum atomic E-state index is 0.796. The van der Waals surface area contributed by atoms with Crippen LogP contribution in [0.15, 0.2) is 24.3 Å². The zero-order valence-corrected chi connectivity index (χ0v) is 16.2.